The molecule has 1 heterocycles. The van der Waals surface area contributed by atoms with Crippen LogP contribution in [0.4, 0.5) is 0 Å². The minimum Gasteiger partial charge on any atom is -0.389 e. The van der Waals surface area contributed by atoms with Crippen molar-refractivity contribution in [3.05, 3.63) is 24.3 Å². The van der Waals surface area contributed by atoms with E-state index in [1.54, 1.807) is 0 Å². The molecule has 1 aliphatic heterocycles. The van der Waals surface area contributed by atoms with Gasteiger partial charge in [-0.1, -0.05) is 38.2 Å². The maximum atomic E-state index is 9.54. The van der Waals surface area contributed by atoms with Gasteiger partial charge < -0.3 is 10.4 Å². The molecule has 0 aromatic carbocycles. The molecule has 0 saturated heterocycles. The molecule has 1 rings (SSSR count). The molecule has 3 atom stereocenters. The molecule has 2 nitrogen and oxygen atoms in total. The molecule has 0 bridgehead atoms. The first-order valence-electron chi connectivity index (χ1n) is 6.51. The summed E-state index contributed by atoms with van der Waals surface area (Å²) in [5.74, 6) is 1.12. The highest BCUT2D eigenvalue weighted by molar-refractivity contribution is 5.03. The zero-order valence-corrected chi connectivity index (χ0v) is 10.5. The van der Waals surface area contributed by atoms with E-state index in [1.807, 2.05) is 13.0 Å². The van der Waals surface area contributed by atoms with Crippen molar-refractivity contribution in [2.45, 2.75) is 39.2 Å². The minimum absolute atomic E-state index is 0.281. The van der Waals surface area contributed by atoms with Gasteiger partial charge in [0.15, 0.2) is 0 Å². The van der Waals surface area contributed by atoms with E-state index in [4.69, 9.17) is 0 Å². The van der Waals surface area contributed by atoms with E-state index in [0.717, 1.165) is 32.4 Å². The Kier molecular flexibility index (Phi) is 6.43. The Balaban J connectivity index is 2.54. The van der Waals surface area contributed by atoms with Gasteiger partial charge in [0.25, 0.3) is 0 Å². The SMILES string of the molecule is CCC(/C=C\[C@H](O)CC)C1C=CCCNC1. The van der Waals surface area contributed by atoms with Crippen LogP contribution in [0.1, 0.15) is 33.1 Å². The van der Waals surface area contributed by atoms with E-state index in [2.05, 4.69) is 30.5 Å². The van der Waals surface area contributed by atoms with Gasteiger partial charge in [-0.3, -0.25) is 0 Å². The van der Waals surface area contributed by atoms with Crippen molar-refractivity contribution in [1.29, 1.82) is 0 Å². The van der Waals surface area contributed by atoms with Crippen molar-refractivity contribution in [2.75, 3.05) is 13.1 Å². The van der Waals surface area contributed by atoms with Gasteiger partial charge in [0, 0.05) is 6.54 Å². The van der Waals surface area contributed by atoms with Crippen LogP contribution < -0.4 is 5.32 Å². The summed E-state index contributed by atoms with van der Waals surface area (Å²) < 4.78 is 0. The maximum Gasteiger partial charge on any atom is 0.0718 e. The van der Waals surface area contributed by atoms with Gasteiger partial charge in [0.1, 0.15) is 0 Å². The van der Waals surface area contributed by atoms with Gasteiger partial charge in [0.05, 0.1) is 6.10 Å². The second kappa shape index (κ2) is 7.64. The molecule has 2 N–H and O–H groups in total. The van der Waals surface area contributed by atoms with Crippen molar-refractivity contribution in [2.24, 2.45) is 11.8 Å². The Morgan fingerprint density at radius 3 is 2.88 bits per heavy atom. The first kappa shape index (κ1) is 13.5. The van der Waals surface area contributed by atoms with Crippen LogP contribution in [-0.2, 0) is 0 Å². The average Bonchev–Trinajstić information content (AvgIpc) is 2.58. The molecular formula is C14H25NO. The summed E-state index contributed by atoms with van der Waals surface area (Å²) in [5, 5.41) is 13.0. The van der Waals surface area contributed by atoms with E-state index in [1.165, 1.54) is 0 Å². The second-order valence-electron chi connectivity index (χ2n) is 4.52. The summed E-state index contributed by atoms with van der Waals surface area (Å²) in [6.45, 7) is 6.36. The zero-order valence-electron chi connectivity index (χ0n) is 10.5. The highest BCUT2D eigenvalue weighted by Crippen LogP contribution is 2.20. The molecule has 16 heavy (non-hydrogen) atoms. The molecule has 0 aliphatic carbocycles. The standard InChI is InChI=1S/C14H25NO/c1-3-12(8-9-14(16)4-2)13-7-5-6-10-15-11-13/h5,7-9,12-16H,3-4,6,10-11H2,1-2H3/b9-8-/t12?,13?,14-/m1/s1. The van der Waals surface area contributed by atoms with Crippen molar-refractivity contribution in [1.82, 2.24) is 5.32 Å². The molecule has 0 radical (unpaired) electrons. The third-order valence-corrected chi connectivity index (χ3v) is 3.27. The third kappa shape index (κ3) is 4.50. The molecule has 0 amide bonds. The summed E-state index contributed by atoms with van der Waals surface area (Å²) >= 11 is 0. The van der Waals surface area contributed by atoms with Gasteiger partial charge in [-0.2, -0.15) is 0 Å². The Bertz CT molecular complexity index is 235. The lowest BCUT2D eigenvalue weighted by atomic mass is 9.89. The number of hydrogen-bond acceptors (Lipinski definition) is 2. The first-order chi connectivity index (χ1) is 7.77. The topological polar surface area (TPSA) is 32.3 Å². The molecule has 2 unspecified atom stereocenters. The Morgan fingerprint density at radius 1 is 1.38 bits per heavy atom. The molecule has 0 aromatic heterocycles. The molecular weight excluding hydrogens is 198 g/mol. The van der Waals surface area contributed by atoms with E-state index >= 15 is 0 Å². The van der Waals surface area contributed by atoms with Crippen LogP contribution >= 0.6 is 0 Å². The number of rotatable bonds is 5. The Morgan fingerprint density at radius 2 is 2.19 bits per heavy atom. The van der Waals surface area contributed by atoms with Crippen molar-refractivity contribution in [3.63, 3.8) is 0 Å². The Hall–Kier alpha value is -0.600. The van der Waals surface area contributed by atoms with Crippen LogP contribution in [0.15, 0.2) is 24.3 Å². The molecule has 1 aliphatic rings. The number of nitrogens with one attached hydrogen (secondary N) is 1. The molecule has 0 aromatic rings. The lowest BCUT2D eigenvalue weighted by Gasteiger charge is -2.20. The fourth-order valence-electron chi connectivity index (χ4n) is 2.08. The van der Waals surface area contributed by atoms with Gasteiger partial charge in [-0.05, 0) is 37.6 Å². The third-order valence-electron chi connectivity index (χ3n) is 3.27. The highest BCUT2D eigenvalue weighted by atomic mass is 16.3. The first-order valence-corrected chi connectivity index (χ1v) is 6.51. The van der Waals surface area contributed by atoms with E-state index < -0.39 is 0 Å². The maximum absolute atomic E-state index is 9.54. The predicted molar refractivity (Wildman–Crippen MR) is 69.3 cm³/mol. The van der Waals surface area contributed by atoms with Crippen LogP contribution in [0.2, 0.25) is 0 Å². The molecule has 0 fully saturated rings. The largest absolute Gasteiger partial charge is 0.389 e. The quantitative estimate of drug-likeness (QED) is 0.702. The lowest BCUT2D eigenvalue weighted by Crippen LogP contribution is -2.25. The lowest BCUT2D eigenvalue weighted by molar-refractivity contribution is 0.218. The molecule has 92 valence electrons. The number of allylic oxidation sites excluding steroid dienone is 1. The highest BCUT2D eigenvalue weighted by Gasteiger charge is 2.15. The van der Waals surface area contributed by atoms with Gasteiger partial charge in [-0.25, -0.2) is 0 Å². The van der Waals surface area contributed by atoms with Gasteiger partial charge >= 0.3 is 0 Å². The number of hydrogen-bond donors (Lipinski definition) is 2. The van der Waals surface area contributed by atoms with Crippen LogP contribution in [0.5, 0.6) is 0 Å². The summed E-state index contributed by atoms with van der Waals surface area (Å²) in [5.41, 5.74) is 0. The van der Waals surface area contributed by atoms with Crippen molar-refractivity contribution >= 4 is 0 Å². The monoisotopic (exact) mass is 223 g/mol. The van der Waals surface area contributed by atoms with E-state index in [9.17, 15) is 5.11 Å². The predicted octanol–water partition coefficient (Wildman–Crippen LogP) is 2.51. The number of aliphatic hydroxyl groups excluding tert-OH is 1. The smallest absolute Gasteiger partial charge is 0.0718 e. The molecule has 2 heteroatoms. The van der Waals surface area contributed by atoms with Crippen molar-refractivity contribution < 1.29 is 5.11 Å². The van der Waals surface area contributed by atoms with Crippen LogP contribution in [0.25, 0.3) is 0 Å². The molecule has 0 spiro atoms. The zero-order chi connectivity index (χ0) is 11.8. The minimum atomic E-state index is -0.281. The van der Waals surface area contributed by atoms with Gasteiger partial charge in [0.2, 0.25) is 0 Å². The summed E-state index contributed by atoms with van der Waals surface area (Å²) in [6, 6.07) is 0. The molecule has 0 saturated carbocycles. The van der Waals surface area contributed by atoms with Crippen LogP contribution in [0, 0.1) is 11.8 Å². The van der Waals surface area contributed by atoms with E-state index in [0.29, 0.717) is 11.8 Å². The fraction of sp³-hybridized carbons (Fsp3) is 0.714. The normalized spacial score (nSPS) is 25.6. The van der Waals surface area contributed by atoms with Crippen LogP contribution in [-0.4, -0.2) is 24.3 Å². The summed E-state index contributed by atoms with van der Waals surface area (Å²) in [6.07, 6.45) is 11.5. The van der Waals surface area contributed by atoms with Gasteiger partial charge in [-0.15, -0.1) is 0 Å². The van der Waals surface area contributed by atoms with Crippen molar-refractivity contribution in [3.8, 4) is 0 Å². The Labute approximate surface area is 99.4 Å². The summed E-state index contributed by atoms with van der Waals surface area (Å²) in [7, 11) is 0. The fourth-order valence-corrected chi connectivity index (χ4v) is 2.08. The average molecular weight is 223 g/mol. The van der Waals surface area contributed by atoms with E-state index in [-0.39, 0.29) is 6.10 Å². The second-order valence-corrected chi connectivity index (χ2v) is 4.52. The van der Waals surface area contributed by atoms with Crippen LogP contribution in [0.3, 0.4) is 0 Å². The summed E-state index contributed by atoms with van der Waals surface area (Å²) in [4.78, 5) is 0. The number of aliphatic hydroxyl groups is 1.